The Bertz CT molecular complexity index is 1150. The van der Waals surface area contributed by atoms with Crippen molar-refractivity contribution in [3.63, 3.8) is 0 Å². The van der Waals surface area contributed by atoms with E-state index >= 15 is 0 Å². The Morgan fingerprint density at radius 2 is 1.63 bits per heavy atom. The van der Waals surface area contributed by atoms with Gasteiger partial charge in [-0.3, -0.25) is 13.9 Å². The molecule has 0 saturated carbocycles. The van der Waals surface area contributed by atoms with Gasteiger partial charge >= 0.3 is 0 Å². The molecule has 2 atom stereocenters. The molecule has 0 aliphatic heterocycles. The average Bonchev–Trinajstić information content (AvgIpc) is 2.79. The van der Waals surface area contributed by atoms with E-state index < -0.39 is 22.0 Å². The maximum atomic E-state index is 13.8. The van der Waals surface area contributed by atoms with Gasteiger partial charge in [0.15, 0.2) is 0 Å². The van der Waals surface area contributed by atoms with E-state index in [1.54, 1.807) is 6.07 Å². The number of sulfonamides is 1. The second kappa shape index (κ2) is 12.2. The molecule has 2 aromatic rings. The minimum absolute atomic E-state index is 0.0329. The topological polar surface area (TPSA) is 86.8 Å². The van der Waals surface area contributed by atoms with Crippen molar-refractivity contribution in [3.8, 4) is 0 Å². The first-order valence-corrected chi connectivity index (χ1v) is 13.9. The predicted octanol–water partition coefficient (Wildman–Crippen LogP) is 4.10. The van der Waals surface area contributed by atoms with Crippen molar-refractivity contribution in [3.05, 3.63) is 64.7 Å². The van der Waals surface area contributed by atoms with Crippen LogP contribution in [0.25, 0.3) is 0 Å². The fourth-order valence-corrected chi connectivity index (χ4v) is 4.81. The first-order chi connectivity index (χ1) is 16.4. The van der Waals surface area contributed by atoms with Gasteiger partial charge in [-0.1, -0.05) is 50.2 Å². The minimum Gasteiger partial charge on any atom is -0.352 e. The third-order valence-corrected chi connectivity index (χ3v) is 7.43. The van der Waals surface area contributed by atoms with Crippen LogP contribution in [0, 0.1) is 20.8 Å². The predicted molar refractivity (Wildman–Crippen MR) is 142 cm³/mol. The molecule has 8 heteroatoms. The third kappa shape index (κ3) is 7.56. The quantitative estimate of drug-likeness (QED) is 0.502. The van der Waals surface area contributed by atoms with Crippen LogP contribution in [0.4, 0.5) is 5.69 Å². The van der Waals surface area contributed by atoms with Gasteiger partial charge in [0.2, 0.25) is 21.8 Å². The van der Waals surface area contributed by atoms with E-state index in [1.807, 2.05) is 77.9 Å². The lowest BCUT2D eigenvalue weighted by atomic mass is 10.1. The molecule has 0 saturated heterocycles. The third-order valence-electron chi connectivity index (χ3n) is 6.30. The number of aryl methyl sites for hydroxylation is 3. The minimum atomic E-state index is -3.76. The maximum Gasteiger partial charge on any atom is 0.244 e. The van der Waals surface area contributed by atoms with Crippen LogP contribution in [0.15, 0.2) is 42.5 Å². The van der Waals surface area contributed by atoms with Crippen LogP contribution in [0.5, 0.6) is 0 Å². The molecule has 2 amide bonds. The van der Waals surface area contributed by atoms with Gasteiger partial charge in [0.25, 0.3) is 0 Å². The summed E-state index contributed by atoms with van der Waals surface area (Å²) in [5, 5.41) is 2.98. The van der Waals surface area contributed by atoms with Crippen LogP contribution >= 0.6 is 0 Å². The van der Waals surface area contributed by atoms with Crippen molar-refractivity contribution in [2.45, 2.75) is 73.0 Å². The summed E-state index contributed by atoms with van der Waals surface area (Å²) in [5.74, 6) is -0.660. The summed E-state index contributed by atoms with van der Waals surface area (Å²) in [5.41, 5.74) is 4.02. The van der Waals surface area contributed by atoms with Gasteiger partial charge in [-0.05, 0) is 68.9 Å². The van der Waals surface area contributed by atoms with E-state index in [-0.39, 0.29) is 25.0 Å². The Kier molecular flexibility index (Phi) is 9.89. The van der Waals surface area contributed by atoms with Crippen molar-refractivity contribution in [1.29, 1.82) is 0 Å². The van der Waals surface area contributed by atoms with E-state index in [4.69, 9.17) is 0 Å². The Balaban J connectivity index is 2.50. The summed E-state index contributed by atoms with van der Waals surface area (Å²) < 4.78 is 26.7. The van der Waals surface area contributed by atoms with Gasteiger partial charge in [0.05, 0.1) is 11.9 Å². The summed E-state index contributed by atoms with van der Waals surface area (Å²) in [4.78, 5) is 28.5. The zero-order valence-electron chi connectivity index (χ0n) is 22.0. The molecular weight excluding hydrogens is 462 g/mol. The second-order valence-corrected chi connectivity index (χ2v) is 11.2. The summed E-state index contributed by atoms with van der Waals surface area (Å²) in [6.45, 7) is 11.2. The largest absolute Gasteiger partial charge is 0.352 e. The molecule has 0 spiro atoms. The van der Waals surface area contributed by atoms with Gasteiger partial charge in [0.1, 0.15) is 12.6 Å². The molecule has 2 rings (SSSR count). The molecule has 192 valence electrons. The summed E-state index contributed by atoms with van der Waals surface area (Å²) in [6, 6.07) is 12.4. The number of hydrogen-bond acceptors (Lipinski definition) is 4. The summed E-state index contributed by atoms with van der Waals surface area (Å²) in [6.07, 6.45) is 2.27. The van der Waals surface area contributed by atoms with Crippen molar-refractivity contribution in [2.75, 3.05) is 17.1 Å². The van der Waals surface area contributed by atoms with Crippen LogP contribution < -0.4 is 9.62 Å². The van der Waals surface area contributed by atoms with Gasteiger partial charge < -0.3 is 10.2 Å². The van der Waals surface area contributed by atoms with Crippen LogP contribution in [-0.2, 0) is 26.2 Å². The lowest BCUT2D eigenvalue weighted by Crippen LogP contribution is -2.53. The lowest BCUT2D eigenvalue weighted by molar-refractivity contribution is -0.140. The van der Waals surface area contributed by atoms with E-state index in [2.05, 4.69) is 5.32 Å². The molecule has 0 aromatic heterocycles. The van der Waals surface area contributed by atoms with Gasteiger partial charge in [-0.25, -0.2) is 8.42 Å². The number of amides is 2. The van der Waals surface area contributed by atoms with Gasteiger partial charge in [-0.2, -0.15) is 0 Å². The highest BCUT2D eigenvalue weighted by Crippen LogP contribution is 2.25. The Labute approximate surface area is 210 Å². The van der Waals surface area contributed by atoms with Gasteiger partial charge in [0, 0.05) is 12.6 Å². The van der Waals surface area contributed by atoms with E-state index in [0.717, 1.165) is 39.2 Å². The van der Waals surface area contributed by atoms with Crippen LogP contribution in [0.2, 0.25) is 0 Å². The Morgan fingerprint density at radius 1 is 0.971 bits per heavy atom. The molecule has 0 heterocycles. The van der Waals surface area contributed by atoms with E-state index in [0.29, 0.717) is 12.1 Å². The second-order valence-electron chi connectivity index (χ2n) is 9.25. The SMILES string of the molecule is CC[C@@H](C)NC(=O)[C@@H](CC)N(Cc1ccccc1C)C(=O)CN(c1cc(C)ccc1C)S(C)(=O)=O. The monoisotopic (exact) mass is 501 g/mol. The molecule has 0 radical (unpaired) electrons. The molecule has 0 fully saturated rings. The van der Waals surface area contributed by atoms with Crippen LogP contribution in [0.3, 0.4) is 0 Å². The van der Waals surface area contributed by atoms with E-state index in [9.17, 15) is 18.0 Å². The summed E-state index contributed by atoms with van der Waals surface area (Å²) >= 11 is 0. The lowest BCUT2D eigenvalue weighted by Gasteiger charge is -2.34. The molecule has 2 aromatic carbocycles. The number of carbonyl (C=O) groups is 2. The smallest absolute Gasteiger partial charge is 0.244 e. The standard InChI is InChI=1S/C27H39N3O4S/c1-8-22(6)28-27(32)24(9-2)29(17-23-13-11-10-12-20(23)4)26(31)18-30(35(7,33)34)25-16-19(3)14-15-21(25)5/h10-16,22,24H,8-9,17-18H2,1-7H3,(H,28,32)/t22-,24-/m1/s1. The Morgan fingerprint density at radius 3 is 2.20 bits per heavy atom. The number of rotatable bonds is 11. The normalized spacial score (nSPS) is 13.1. The molecule has 0 bridgehead atoms. The zero-order chi connectivity index (χ0) is 26.3. The fraction of sp³-hybridized carbons (Fsp3) is 0.481. The van der Waals surface area contributed by atoms with Crippen molar-refractivity contribution in [1.82, 2.24) is 10.2 Å². The van der Waals surface area contributed by atoms with Crippen molar-refractivity contribution >= 4 is 27.5 Å². The Hall–Kier alpha value is -2.87. The number of nitrogens with zero attached hydrogens (tertiary/aromatic N) is 2. The molecule has 1 N–H and O–H groups in total. The number of benzene rings is 2. The molecule has 7 nitrogen and oxygen atoms in total. The van der Waals surface area contributed by atoms with Crippen molar-refractivity contribution < 1.29 is 18.0 Å². The highest BCUT2D eigenvalue weighted by atomic mass is 32.2. The first-order valence-electron chi connectivity index (χ1n) is 12.1. The maximum absolute atomic E-state index is 13.8. The van der Waals surface area contributed by atoms with Crippen LogP contribution in [0.1, 0.15) is 55.9 Å². The highest BCUT2D eigenvalue weighted by molar-refractivity contribution is 7.92. The molecule has 0 aliphatic rings. The van der Waals surface area contributed by atoms with E-state index in [1.165, 1.54) is 4.90 Å². The molecule has 0 unspecified atom stereocenters. The molecule has 35 heavy (non-hydrogen) atoms. The van der Waals surface area contributed by atoms with Crippen molar-refractivity contribution in [2.24, 2.45) is 0 Å². The number of anilines is 1. The number of carbonyl (C=O) groups excluding carboxylic acids is 2. The zero-order valence-corrected chi connectivity index (χ0v) is 22.8. The highest BCUT2D eigenvalue weighted by Gasteiger charge is 2.32. The van der Waals surface area contributed by atoms with Crippen LogP contribution in [-0.4, -0.2) is 50.0 Å². The number of hydrogen-bond donors (Lipinski definition) is 1. The first kappa shape index (κ1) is 28.4. The number of nitrogens with one attached hydrogen (secondary N) is 1. The molecule has 0 aliphatic carbocycles. The average molecular weight is 502 g/mol. The summed E-state index contributed by atoms with van der Waals surface area (Å²) in [7, 11) is -3.76. The fourth-order valence-electron chi connectivity index (χ4n) is 3.91. The molecular formula is C27H39N3O4S. The van der Waals surface area contributed by atoms with Gasteiger partial charge in [-0.15, -0.1) is 0 Å².